The first kappa shape index (κ1) is 14.3. The molecule has 0 heterocycles. The third-order valence-corrected chi connectivity index (χ3v) is 5.51. The van der Waals surface area contributed by atoms with Crippen molar-refractivity contribution in [1.82, 2.24) is 0 Å². The molecule has 0 spiro atoms. The molecule has 74 valence electrons. The molecule has 0 aliphatic heterocycles. The van der Waals surface area contributed by atoms with Crippen LogP contribution >= 0.6 is 45.2 Å². The molecule has 0 saturated heterocycles. The SMILES string of the molecule is Cc1ccc(C(C)C)c(I)c1I.[Ru]. The van der Waals surface area contributed by atoms with Crippen molar-refractivity contribution in [3.63, 3.8) is 0 Å². The third kappa shape index (κ3) is 3.42. The molecular formula is C10H12I2Ru. The van der Waals surface area contributed by atoms with Gasteiger partial charge in [0, 0.05) is 26.6 Å². The Morgan fingerprint density at radius 2 is 1.62 bits per heavy atom. The number of rotatable bonds is 1. The number of halogens is 2. The first-order valence-corrected chi connectivity index (χ1v) is 6.14. The topological polar surface area (TPSA) is 0 Å². The zero-order valence-electron chi connectivity index (χ0n) is 7.84. The van der Waals surface area contributed by atoms with E-state index in [-0.39, 0.29) is 19.5 Å². The molecule has 0 amide bonds. The maximum Gasteiger partial charge on any atom is 0.0301 e. The van der Waals surface area contributed by atoms with Crippen molar-refractivity contribution in [1.29, 1.82) is 0 Å². The minimum absolute atomic E-state index is 0. The summed E-state index contributed by atoms with van der Waals surface area (Å²) in [4.78, 5) is 0. The van der Waals surface area contributed by atoms with E-state index in [1.54, 1.807) is 0 Å². The van der Waals surface area contributed by atoms with Crippen LogP contribution in [0.4, 0.5) is 0 Å². The molecule has 1 aromatic rings. The van der Waals surface area contributed by atoms with Crippen LogP contribution < -0.4 is 0 Å². The second-order valence-corrected chi connectivity index (χ2v) is 5.41. The van der Waals surface area contributed by atoms with Crippen LogP contribution in [0.25, 0.3) is 0 Å². The molecule has 0 radical (unpaired) electrons. The van der Waals surface area contributed by atoms with Gasteiger partial charge in [0.25, 0.3) is 0 Å². The predicted octanol–water partition coefficient (Wildman–Crippen LogP) is 4.33. The average molecular weight is 487 g/mol. The van der Waals surface area contributed by atoms with Crippen LogP contribution in [0.5, 0.6) is 0 Å². The van der Waals surface area contributed by atoms with Crippen LogP contribution in [0.15, 0.2) is 12.1 Å². The summed E-state index contributed by atoms with van der Waals surface area (Å²) in [6, 6.07) is 4.45. The summed E-state index contributed by atoms with van der Waals surface area (Å²) < 4.78 is 2.82. The molecule has 0 aromatic heterocycles. The largest absolute Gasteiger partial charge is 0.0586 e. The van der Waals surface area contributed by atoms with E-state index in [0.29, 0.717) is 5.92 Å². The minimum atomic E-state index is 0. The van der Waals surface area contributed by atoms with E-state index < -0.39 is 0 Å². The molecule has 0 saturated carbocycles. The van der Waals surface area contributed by atoms with E-state index in [1.807, 2.05) is 0 Å². The zero-order chi connectivity index (χ0) is 9.30. The molecule has 3 heteroatoms. The van der Waals surface area contributed by atoms with Gasteiger partial charge in [-0.25, -0.2) is 0 Å². The van der Waals surface area contributed by atoms with Crippen LogP contribution in [0.2, 0.25) is 0 Å². The second-order valence-electron chi connectivity index (χ2n) is 3.25. The maximum atomic E-state index is 2.44. The quantitative estimate of drug-likeness (QED) is 0.409. The van der Waals surface area contributed by atoms with Gasteiger partial charge in [-0.05, 0) is 69.2 Å². The van der Waals surface area contributed by atoms with Gasteiger partial charge >= 0.3 is 0 Å². The predicted molar refractivity (Wildman–Crippen MR) is 70.7 cm³/mol. The fourth-order valence-electron chi connectivity index (χ4n) is 1.11. The van der Waals surface area contributed by atoms with Gasteiger partial charge in [-0.15, -0.1) is 0 Å². The molecule has 0 atom stereocenters. The molecule has 0 fully saturated rings. The fraction of sp³-hybridized carbons (Fsp3) is 0.400. The zero-order valence-corrected chi connectivity index (χ0v) is 13.9. The molecule has 0 N–H and O–H groups in total. The number of hydrogen-bond donors (Lipinski definition) is 0. The van der Waals surface area contributed by atoms with Gasteiger partial charge < -0.3 is 0 Å². The average Bonchev–Trinajstić information content (AvgIpc) is 2.00. The van der Waals surface area contributed by atoms with Gasteiger partial charge in [-0.2, -0.15) is 0 Å². The molecule has 1 rings (SSSR count). The van der Waals surface area contributed by atoms with Crippen LogP contribution in [-0.2, 0) is 19.5 Å². The van der Waals surface area contributed by atoms with Gasteiger partial charge in [-0.1, -0.05) is 26.0 Å². The normalized spacial score (nSPS) is 10.0. The molecule has 1 aromatic carbocycles. The maximum absolute atomic E-state index is 2.44. The Morgan fingerprint density at radius 3 is 2.08 bits per heavy atom. The van der Waals surface area contributed by atoms with Gasteiger partial charge in [-0.3, -0.25) is 0 Å². The summed E-state index contributed by atoms with van der Waals surface area (Å²) in [5, 5.41) is 0. The molecule has 13 heavy (non-hydrogen) atoms. The number of hydrogen-bond acceptors (Lipinski definition) is 0. The first-order valence-electron chi connectivity index (χ1n) is 3.98. The summed E-state index contributed by atoms with van der Waals surface area (Å²) in [7, 11) is 0. The molecule has 0 aliphatic rings. The fourth-order valence-corrected chi connectivity index (χ4v) is 2.83. The van der Waals surface area contributed by atoms with E-state index in [0.717, 1.165) is 0 Å². The summed E-state index contributed by atoms with van der Waals surface area (Å²) in [6.45, 7) is 6.64. The van der Waals surface area contributed by atoms with Crippen molar-refractivity contribution in [3.05, 3.63) is 30.4 Å². The monoisotopic (exact) mass is 488 g/mol. The van der Waals surface area contributed by atoms with Crippen molar-refractivity contribution in [3.8, 4) is 0 Å². The van der Waals surface area contributed by atoms with Gasteiger partial charge in [0.2, 0.25) is 0 Å². The molecule has 0 unspecified atom stereocenters. The standard InChI is InChI=1S/C10H12I2.Ru/c1-6(2)8-5-4-7(3)9(11)10(8)12;/h4-6H,1-3H3;. The van der Waals surface area contributed by atoms with Crippen molar-refractivity contribution in [2.24, 2.45) is 0 Å². The Hall–Kier alpha value is 1.30. The van der Waals surface area contributed by atoms with Crippen LogP contribution in [-0.4, -0.2) is 0 Å². The molecular weight excluding hydrogens is 475 g/mol. The smallest absolute Gasteiger partial charge is 0.0301 e. The third-order valence-electron chi connectivity index (χ3n) is 1.93. The van der Waals surface area contributed by atoms with Crippen LogP contribution in [0, 0.1) is 14.1 Å². The Morgan fingerprint density at radius 1 is 1.08 bits per heavy atom. The van der Waals surface area contributed by atoms with Crippen molar-refractivity contribution in [2.75, 3.05) is 0 Å². The second kappa shape index (κ2) is 6.01. The number of benzene rings is 1. The summed E-state index contributed by atoms with van der Waals surface area (Å²) in [6.07, 6.45) is 0. The Balaban J connectivity index is 0.00000144. The minimum Gasteiger partial charge on any atom is -0.0586 e. The summed E-state index contributed by atoms with van der Waals surface area (Å²) in [5.74, 6) is 0.631. The van der Waals surface area contributed by atoms with E-state index >= 15 is 0 Å². The van der Waals surface area contributed by atoms with Crippen LogP contribution in [0.3, 0.4) is 0 Å². The van der Waals surface area contributed by atoms with E-state index in [2.05, 4.69) is 78.1 Å². The van der Waals surface area contributed by atoms with Crippen molar-refractivity contribution in [2.45, 2.75) is 26.7 Å². The first-order chi connectivity index (χ1) is 5.54. The van der Waals surface area contributed by atoms with Crippen LogP contribution in [0.1, 0.15) is 30.9 Å². The van der Waals surface area contributed by atoms with Crippen molar-refractivity contribution >= 4 is 45.2 Å². The molecule has 0 aliphatic carbocycles. The van der Waals surface area contributed by atoms with E-state index in [9.17, 15) is 0 Å². The van der Waals surface area contributed by atoms with E-state index in [4.69, 9.17) is 0 Å². The number of aryl methyl sites for hydroxylation is 1. The van der Waals surface area contributed by atoms with Gasteiger partial charge in [0.1, 0.15) is 0 Å². The van der Waals surface area contributed by atoms with Gasteiger partial charge in [0.05, 0.1) is 0 Å². The summed E-state index contributed by atoms with van der Waals surface area (Å²) in [5.41, 5.74) is 2.84. The molecule has 0 bridgehead atoms. The van der Waals surface area contributed by atoms with Gasteiger partial charge in [0.15, 0.2) is 0 Å². The van der Waals surface area contributed by atoms with E-state index in [1.165, 1.54) is 18.3 Å². The molecule has 0 nitrogen and oxygen atoms in total. The summed E-state index contributed by atoms with van der Waals surface area (Å²) >= 11 is 4.86. The van der Waals surface area contributed by atoms with Crippen molar-refractivity contribution < 1.29 is 19.5 Å². The Labute approximate surface area is 120 Å². The Kier molecular flexibility index (Phi) is 6.61. The Bertz CT molecular complexity index is 295.